The highest BCUT2D eigenvalue weighted by Crippen LogP contribution is 2.20. The third-order valence-corrected chi connectivity index (χ3v) is 4.13. The van der Waals surface area contributed by atoms with Gasteiger partial charge in [0, 0.05) is 24.2 Å². The van der Waals surface area contributed by atoms with Crippen LogP contribution in [0.1, 0.15) is 19.8 Å². The monoisotopic (exact) mass is 270 g/mol. The van der Waals surface area contributed by atoms with E-state index in [1.807, 2.05) is 29.2 Å². The minimum Gasteiger partial charge on any atom is -0.338 e. The summed E-state index contributed by atoms with van der Waals surface area (Å²) < 4.78 is 1.51. The minimum atomic E-state index is -0.0926. The van der Waals surface area contributed by atoms with E-state index < -0.39 is 0 Å². The molecule has 4 heteroatoms. The lowest BCUT2D eigenvalue weighted by atomic mass is 10.0. The Morgan fingerprint density at radius 2 is 2.10 bits per heavy atom. The van der Waals surface area contributed by atoms with E-state index in [0.717, 1.165) is 24.8 Å². The van der Waals surface area contributed by atoms with Gasteiger partial charge in [0.1, 0.15) is 6.54 Å². The molecule has 2 heterocycles. The zero-order valence-corrected chi connectivity index (χ0v) is 11.6. The molecule has 2 aromatic rings. The largest absolute Gasteiger partial charge is 0.338 e. The summed E-state index contributed by atoms with van der Waals surface area (Å²) in [6.45, 7) is 3.05. The van der Waals surface area contributed by atoms with Crippen LogP contribution in [-0.4, -0.2) is 28.0 Å². The Balaban J connectivity index is 1.86. The Morgan fingerprint density at radius 1 is 1.30 bits per heavy atom. The van der Waals surface area contributed by atoms with E-state index in [9.17, 15) is 9.59 Å². The molecule has 0 aliphatic carbocycles. The number of amides is 1. The van der Waals surface area contributed by atoms with Crippen LogP contribution in [0, 0.1) is 0 Å². The van der Waals surface area contributed by atoms with Crippen LogP contribution in [0.5, 0.6) is 0 Å². The molecular weight excluding hydrogens is 252 g/mol. The number of rotatable bonds is 3. The topological polar surface area (TPSA) is 42.3 Å². The zero-order valence-electron chi connectivity index (χ0n) is 11.6. The number of fused-ring (bicyclic) bond motifs is 1. The van der Waals surface area contributed by atoms with Gasteiger partial charge in [-0.3, -0.25) is 9.59 Å². The summed E-state index contributed by atoms with van der Waals surface area (Å²) in [6, 6.07) is 9.71. The Labute approximate surface area is 117 Å². The van der Waals surface area contributed by atoms with E-state index in [-0.39, 0.29) is 18.0 Å². The Morgan fingerprint density at radius 3 is 2.80 bits per heavy atom. The molecule has 0 bridgehead atoms. The molecule has 0 radical (unpaired) electrons. The second-order valence-electron chi connectivity index (χ2n) is 5.27. The van der Waals surface area contributed by atoms with Crippen molar-refractivity contribution in [3.05, 3.63) is 46.9 Å². The molecule has 1 saturated heterocycles. The molecule has 1 aliphatic heterocycles. The van der Waals surface area contributed by atoms with Gasteiger partial charge in [-0.2, -0.15) is 0 Å². The van der Waals surface area contributed by atoms with Gasteiger partial charge in [-0.05, 0) is 30.4 Å². The highest BCUT2D eigenvalue weighted by molar-refractivity contribution is 5.82. The number of aromatic nitrogens is 1. The van der Waals surface area contributed by atoms with Crippen LogP contribution < -0.4 is 5.56 Å². The predicted molar refractivity (Wildman–Crippen MR) is 78.6 cm³/mol. The molecule has 0 unspecified atom stereocenters. The van der Waals surface area contributed by atoms with Gasteiger partial charge in [0.25, 0.3) is 5.56 Å². The van der Waals surface area contributed by atoms with Crippen molar-refractivity contribution in [3.63, 3.8) is 0 Å². The fourth-order valence-corrected chi connectivity index (χ4v) is 2.78. The molecule has 1 aromatic heterocycles. The quantitative estimate of drug-likeness (QED) is 0.856. The van der Waals surface area contributed by atoms with E-state index in [1.165, 1.54) is 4.57 Å². The SMILES string of the molecule is CC[C@H]1CCN1C(=O)Cn1ccc2ccccc2c1=O. The lowest BCUT2D eigenvalue weighted by molar-refractivity contribution is -0.139. The number of hydrogen-bond donors (Lipinski definition) is 0. The maximum Gasteiger partial charge on any atom is 0.258 e. The molecule has 0 spiro atoms. The molecule has 0 saturated carbocycles. The molecule has 1 atom stereocenters. The maximum atomic E-state index is 12.3. The third kappa shape index (κ3) is 2.11. The normalized spacial score (nSPS) is 18.1. The van der Waals surface area contributed by atoms with Crippen LogP contribution in [0.25, 0.3) is 10.8 Å². The average molecular weight is 270 g/mol. The van der Waals surface area contributed by atoms with Gasteiger partial charge in [0.05, 0.1) is 0 Å². The lowest BCUT2D eigenvalue weighted by Gasteiger charge is -2.40. The summed E-state index contributed by atoms with van der Waals surface area (Å²) in [5, 5.41) is 1.58. The van der Waals surface area contributed by atoms with E-state index in [1.54, 1.807) is 12.3 Å². The van der Waals surface area contributed by atoms with Crippen molar-refractivity contribution in [2.45, 2.75) is 32.4 Å². The first-order valence-electron chi connectivity index (χ1n) is 7.08. The molecule has 20 heavy (non-hydrogen) atoms. The summed E-state index contributed by atoms with van der Waals surface area (Å²) in [5.41, 5.74) is -0.0926. The third-order valence-electron chi connectivity index (χ3n) is 4.13. The second-order valence-corrected chi connectivity index (χ2v) is 5.27. The number of pyridine rings is 1. The zero-order chi connectivity index (χ0) is 14.1. The average Bonchev–Trinajstić information content (AvgIpc) is 2.41. The lowest BCUT2D eigenvalue weighted by Crippen LogP contribution is -2.52. The van der Waals surface area contributed by atoms with Crippen LogP contribution >= 0.6 is 0 Å². The molecule has 3 rings (SSSR count). The number of likely N-dealkylation sites (tertiary alicyclic amines) is 1. The van der Waals surface area contributed by atoms with Crippen LogP contribution in [0.2, 0.25) is 0 Å². The Kier molecular flexibility index (Phi) is 3.30. The molecule has 4 nitrogen and oxygen atoms in total. The second kappa shape index (κ2) is 5.12. The Bertz CT molecular complexity index is 703. The molecule has 1 aromatic carbocycles. The fraction of sp³-hybridized carbons (Fsp3) is 0.375. The van der Waals surface area contributed by atoms with Crippen molar-refractivity contribution in [2.24, 2.45) is 0 Å². The van der Waals surface area contributed by atoms with Gasteiger partial charge in [-0.15, -0.1) is 0 Å². The highest BCUT2D eigenvalue weighted by atomic mass is 16.2. The van der Waals surface area contributed by atoms with E-state index >= 15 is 0 Å². The molecular formula is C16H18N2O2. The highest BCUT2D eigenvalue weighted by Gasteiger charge is 2.30. The van der Waals surface area contributed by atoms with E-state index in [0.29, 0.717) is 11.4 Å². The number of carbonyl (C=O) groups is 1. The number of carbonyl (C=O) groups excluding carboxylic acids is 1. The molecule has 1 fully saturated rings. The van der Waals surface area contributed by atoms with Crippen molar-refractivity contribution in [1.82, 2.24) is 9.47 Å². The summed E-state index contributed by atoms with van der Waals surface area (Å²) in [5.74, 6) is 0.0421. The summed E-state index contributed by atoms with van der Waals surface area (Å²) >= 11 is 0. The smallest absolute Gasteiger partial charge is 0.258 e. The first-order valence-corrected chi connectivity index (χ1v) is 7.08. The van der Waals surface area contributed by atoms with Gasteiger partial charge < -0.3 is 9.47 Å². The minimum absolute atomic E-state index is 0.0421. The summed E-state index contributed by atoms with van der Waals surface area (Å²) in [4.78, 5) is 26.4. The van der Waals surface area contributed by atoms with Crippen LogP contribution in [0.3, 0.4) is 0 Å². The number of benzene rings is 1. The Hall–Kier alpha value is -2.10. The molecule has 104 valence electrons. The van der Waals surface area contributed by atoms with Crippen molar-refractivity contribution in [2.75, 3.05) is 6.54 Å². The standard InChI is InChI=1S/C16H18N2O2/c1-2-13-8-10-18(13)15(19)11-17-9-7-12-5-3-4-6-14(12)16(17)20/h3-7,9,13H,2,8,10-11H2,1H3/t13-/m0/s1. The van der Waals surface area contributed by atoms with Crippen molar-refractivity contribution >= 4 is 16.7 Å². The number of nitrogens with zero attached hydrogens (tertiary/aromatic N) is 2. The van der Waals surface area contributed by atoms with Gasteiger partial charge >= 0.3 is 0 Å². The van der Waals surface area contributed by atoms with Gasteiger partial charge in [0.2, 0.25) is 5.91 Å². The molecule has 0 N–H and O–H groups in total. The first-order chi connectivity index (χ1) is 9.70. The van der Waals surface area contributed by atoms with Crippen molar-refractivity contribution in [1.29, 1.82) is 0 Å². The molecule has 1 amide bonds. The summed E-state index contributed by atoms with van der Waals surface area (Å²) in [7, 11) is 0. The predicted octanol–water partition coefficient (Wildman–Crippen LogP) is 2.01. The fourth-order valence-electron chi connectivity index (χ4n) is 2.78. The van der Waals surface area contributed by atoms with Crippen molar-refractivity contribution < 1.29 is 4.79 Å². The van der Waals surface area contributed by atoms with Crippen molar-refractivity contribution in [3.8, 4) is 0 Å². The first kappa shape index (κ1) is 12.9. The van der Waals surface area contributed by atoms with Crippen LogP contribution in [-0.2, 0) is 11.3 Å². The number of hydrogen-bond acceptors (Lipinski definition) is 2. The van der Waals surface area contributed by atoms with Gasteiger partial charge in [0.15, 0.2) is 0 Å². The van der Waals surface area contributed by atoms with Gasteiger partial charge in [-0.1, -0.05) is 25.1 Å². The van der Waals surface area contributed by atoms with Gasteiger partial charge in [-0.25, -0.2) is 0 Å². The van der Waals surface area contributed by atoms with E-state index in [4.69, 9.17) is 0 Å². The maximum absolute atomic E-state index is 12.3. The molecule has 1 aliphatic rings. The van der Waals surface area contributed by atoms with Crippen LogP contribution in [0.4, 0.5) is 0 Å². The van der Waals surface area contributed by atoms with E-state index in [2.05, 4.69) is 6.92 Å². The van der Waals surface area contributed by atoms with Crippen LogP contribution in [0.15, 0.2) is 41.3 Å². The summed E-state index contributed by atoms with van der Waals surface area (Å²) in [6.07, 6.45) is 3.77.